The van der Waals surface area contributed by atoms with Gasteiger partial charge >= 0.3 is 5.97 Å². The molecule has 2 atom stereocenters. The monoisotopic (exact) mass is 230 g/mol. The first-order valence-corrected chi connectivity index (χ1v) is 5.45. The standard InChI is InChI=1S/C11H18O5/c1-4-14-10(13)6-5-8-9(7-12)16-11(2,3)15-8/h7-9H,4-6H2,1-3H3/t8-,9-/m0/s1. The molecule has 0 aromatic carbocycles. The van der Waals surface area contributed by atoms with Crippen molar-refractivity contribution < 1.29 is 23.8 Å². The Morgan fingerprint density at radius 1 is 1.44 bits per heavy atom. The lowest BCUT2D eigenvalue weighted by Gasteiger charge is -2.16. The fourth-order valence-corrected chi connectivity index (χ4v) is 1.69. The largest absolute Gasteiger partial charge is 0.466 e. The predicted molar refractivity (Wildman–Crippen MR) is 55.8 cm³/mol. The number of rotatable bonds is 5. The molecule has 16 heavy (non-hydrogen) atoms. The van der Waals surface area contributed by atoms with Crippen LogP contribution in [0.3, 0.4) is 0 Å². The number of carbonyl (C=O) groups excluding carboxylic acids is 2. The van der Waals surface area contributed by atoms with E-state index in [0.717, 1.165) is 0 Å². The van der Waals surface area contributed by atoms with Crippen molar-refractivity contribution in [2.75, 3.05) is 6.61 Å². The summed E-state index contributed by atoms with van der Waals surface area (Å²) in [5.74, 6) is -1.04. The fourth-order valence-electron chi connectivity index (χ4n) is 1.69. The molecule has 1 heterocycles. The molecule has 0 aliphatic carbocycles. The second-order valence-corrected chi connectivity index (χ2v) is 4.12. The zero-order valence-electron chi connectivity index (χ0n) is 9.89. The third-order valence-corrected chi connectivity index (χ3v) is 2.29. The van der Waals surface area contributed by atoms with E-state index < -0.39 is 11.9 Å². The van der Waals surface area contributed by atoms with Crippen LogP contribution in [0.4, 0.5) is 0 Å². The van der Waals surface area contributed by atoms with E-state index in [2.05, 4.69) is 0 Å². The van der Waals surface area contributed by atoms with E-state index in [1.54, 1.807) is 20.8 Å². The highest BCUT2D eigenvalue weighted by atomic mass is 16.8. The molecule has 1 aliphatic heterocycles. The van der Waals surface area contributed by atoms with Crippen LogP contribution in [0.5, 0.6) is 0 Å². The normalized spacial score (nSPS) is 27.7. The van der Waals surface area contributed by atoms with Crippen molar-refractivity contribution in [2.24, 2.45) is 0 Å². The van der Waals surface area contributed by atoms with E-state index >= 15 is 0 Å². The van der Waals surface area contributed by atoms with E-state index in [0.29, 0.717) is 19.3 Å². The Balaban J connectivity index is 2.41. The SMILES string of the molecule is CCOC(=O)CC[C@@H]1OC(C)(C)O[C@H]1C=O. The van der Waals surface area contributed by atoms with Gasteiger partial charge in [-0.05, 0) is 27.2 Å². The topological polar surface area (TPSA) is 61.8 Å². The molecule has 0 N–H and O–H groups in total. The van der Waals surface area contributed by atoms with E-state index in [1.165, 1.54) is 0 Å². The Morgan fingerprint density at radius 2 is 2.12 bits per heavy atom. The van der Waals surface area contributed by atoms with E-state index in [9.17, 15) is 9.59 Å². The molecule has 0 radical (unpaired) electrons. The molecule has 0 aromatic heterocycles. The van der Waals surface area contributed by atoms with Crippen molar-refractivity contribution in [3.8, 4) is 0 Å². The highest BCUT2D eigenvalue weighted by molar-refractivity contribution is 5.69. The van der Waals surface area contributed by atoms with Crippen LogP contribution in [0, 0.1) is 0 Å². The summed E-state index contributed by atoms with van der Waals surface area (Å²) < 4.78 is 15.7. The summed E-state index contributed by atoms with van der Waals surface area (Å²) in [6, 6.07) is 0. The van der Waals surface area contributed by atoms with Gasteiger partial charge in [-0.15, -0.1) is 0 Å². The predicted octanol–water partition coefficient (Wildman–Crippen LogP) is 1.05. The van der Waals surface area contributed by atoms with Crippen LogP contribution < -0.4 is 0 Å². The molecule has 0 bridgehead atoms. The van der Waals surface area contributed by atoms with Crippen LogP contribution >= 0.6 is 0 Å². The molecular formula is C11H18O5. The quantitative estimate of drug-likeness (QED) is 0.522. The lowest BCUT2D eigenvalue weighted by atomic mass is 10.1. The zero-order valence-corrected chi connectivity index (χ0v) is 9.89. The van der Waals surface area contributed by atoms with Crippen LogP contribution in [-0.4, -0.2) is 36.9 Å². The molecule has 5 heteroatoms. The molecule has 0 unspecified atom stereocenters. The second kappa shape index (κ2) is 5.41. The molecule has 0 spiro atoms. The third-order valence-electron chi connectivity index (χ3n) is 2.29. The van der Waals surface area contributed by atoms with Gasteiger partial charge in [0, 0.05) is 6.42 Å². The van der Waals surface area contributed by atoms with Gasteiger partial charge in [-0.2, -0.15) is 0 Å². The number of hydrogen-bond donors (Lipinski definition) is 0. The van der Waals surface area contributed by atoms with Gasteiger partial charge in [-0.3, -0.25) is 4.79 Å². The second-order valence-electron chi connectivity index (χ2n) is 4.12. The first kappa shape index (κ1) is 13.1. The van der Waals surface area contributed by atoms with Crippen LogP contribution in [0.2, 0.25) is 0 Å². The maximum atomic E-state index is 11.1. The Labute approximate surface area is 95.0 Å². The molecule has 0 saturated carbocycles. The number of esters is 1. The molecule has 1 rings (SSSR count). The van der Waals surface area contributed by atoms with Gasteiger partial charge in [0.1, 0.15) is 6.10 Å². The minimum absolute atomic E-state index is 0.238. The molecule has 1 saturated heterocycles. The zero-order chi connectivity index (χ0) is 12.2. The van der Waals surface area contributed by atoms with Crippen LogP contribution in [0.15, 0.2) is 0 Å². The highest BCUT2D eigenvalue weighted by Crippen LogP contribution is 2.29. The summed E-state index contributed by atoms with van der Waals surface area (Å²) in [5, 5.41) is 0. The first-order valence-electron chi connectivity index (χ1n) is 5.45. The summed E-state index contributed by atoms with van der Waals surface area (Å²) in [6.07, 6.45) is 0.430. The maximum Gasteiger partial charge on any atom is 0.305 e. The Kier molecular flexibility index (Phi) is 4.44. The van der Waals surface area contributed by atoms with Gasteiger partial charge in [0.15, 0.2) is 12.1 Å². The van der Waals surface area contributed by atoms with Crippen molar-refractivity contribution >= 4 is 12.3 Å². The summed E-state index contributed by atoms with van der Waals surface area (Å²) in [7, 11) is 0. The summed E-state index contributed by atoms with van der Waals surface area (Å²) in [5.41, 5.74) is 0. The summed E-state index contributed by atoms with van der Waals surface area (Å²) in [6.45, 7) is 5.61. The van der Waals surface area contributed by atoms with Gasteiger partial charge < -0.3 is 19.0 Å². The maximum absolute atomic E-state index is 11.1. The molecule has 1 fully saturated rings. The van der Waals surface area contributed by atoms with Gasteiger partial charge in [-0.1, -0.05) is 0 Å². The number of aldehydes is 1. The van der Waals surface area contributed by atoms with E-state index in [4.69, 9.17) is 14.2 Å². The van der Waals surface area contributed by atoms with Crippen LogP contribution in [0.25, 0.3) is 0 Å². The number of ether oxygens (including phenoxy) is 3. The van der Waals surface area contributed by atoms with Crippen molar-refractivity contribution in [1.29, 1.82) is 0 Å². The average molecular weight is 230 g/mol. The minimum atomic E-state index is -0.759. The fraction of sp³-hybridized carbons (Fsp3) is 0.818. The van der Waals surface area contributed by atoms with Crippen LogP contribution in [0.1, 0.15) is 33.6 Å². The van der Waals surface area contributed by atoms with Crippen molar-refractivity contribution in [2.45, 2.75) is 51.6 Å². The van der Waals surface area contributed by atoms with E-state index in [1.807, 2.05) is 0 Å². The van der Waals surface area contributed by atoms with E-state index in [-0.39, 0.29) is 18.5 Å². The molecule has 5 nitrogen and oxygen atoms in total. The molecule has 0 amide bonds. The van der Waals surface area contributed by atoms with Crippen molar-refractivity contribution in [1.82, 2.24) is 0 Å². The average Bonchev–Trinajstić information content (AvgIpc) is 2.51. The number of hydrogen-bond acceptors (Lipinski definition) is 5. The summed E-state index contributed by atoms with van der Waals surface area (Å²) in [4.78, 5) is 21.9. The minimum Gasteiger partial charge on any atom is -0.466 e. The molecule has 0 aromatic rings. The van der Waals surface area contributed by atoms with Gasteiger partial charge in [0.05, 0.1) is 12.7 Å². The third kappa shape index (κ3) is 3.57. The van der Waals surface area contributed by atoms with Gasteiger partial charge in [0.2, 0.25) is 0 Å². The molecular weight excluding hydrogens is 212 g/mol. The Hall–Kier alpha value is -0.940. The highest BCUT2D eigenvalue weighted by Gasteiger charge is 2.40. The molecule has 1 aliphatic rings. The van der Waals surface area contributed by atoms with Crippen molar-refractivity contribution in [3.05, 3.63) is 0 Å². The van der Waals surface area contributed by atoms with Crippen LogP contribution in [-0.2, 0) is 23.8 Å². The van der Waals surface area contributed by atoms with Crippen molar-refractivity contribution in [3.63, 3.8) is 0 Å². The first-order chi connectivity index (χ1) is 7.48. The smallest absolute Gasteiger partial charge is 0.305 e. The molecule has 92 valence electrons. The Morgan fingerprint density at radius 3 is 2.69 bits per heavy atom. The Bertz CT molecular complexity index is 261. The lowest BCUT2D eigenvalue weighted by Crippen LogP contribution is -2.24. The number of carbonyl (C=O) groups is 2. The van der Waals surface area contributed by atoms with Gasteiger partial charge in [0.25, 0.3) is 0 Å². The lowest BCUT2D eigenvalue weighted by molar-refractivity contribution is -0.152. The summed E-state index contributed by atoms with van der Waals surface area (Å²) >= 11 is 0. The van der Waals surface area contributed by atoms with Gasteiger partial charge in [-0.25, -0.2) is 0 Å².